The van der Waals surface area contributed by atoms with Crippen molar-refractivity contribution in [3.63, 3.8) is 0 Å². The number of anilines is 1. The number of nitrogens with two attached hydrogens (primary N) is 1. The highest BCUT2D eigenvalue weighted by Gasteiger charge is 2.16. The number of thiocarbonyl (C=S) groups is 1. The van der Waals surface area contributed by atoms with E-state index in [9.17, 15) is 8.78 Å². The van der Waals surface area contributed by atoms with Crippen molar-refractivity contribution in [2.45, 2.75) is 6.54 Å². The largest absolute Gasteiger partial charge is 0.389 e. The molecular formula is C15H14F2N2S. The van der Waals surface area contributed by atoms with E-state index in [1.807, 2.05) is 30.3 Å². The molecule has 2 N–H and O–H groups in total. The van der Waals surface area contributed by atoms with Gasteiger partial charge in [0.1, 0.15) is 22.3 Å². The van der Waals surface area contributed by atoms with Crippen molar-refractivity contribution in [2.24, 2.45) is 5.73 Å². The van der Waals surface area contributed by atoms with Gasteiger partial charge in [-0.3, -0.25) is 0 Å². The second-order valence-electron chi connectivity index (χ2n) is 4.49. The van der Waals surface area contributed by atoms with E-state index in [4.69, 9.17) is 18.0 Å². The molecule has 2 aromatic carbocycles. The lowest BCUT2D eigenvalue weighted by Gasteiger charge is -2.21. The van der Waals surface area contributed by atoms with Crippen LogP contribution >= 0.6 is 12.2 Å². The predicted molar refractivity (Wildman–Crippen MR) is 80.8 cm³/mol. The van der Waals surface area contributed by atoms with E-state index >= 15 is 0 Å². The van der Waals surface area contributed by atoms with Gasteiger partial charge in [-0.1, -0.05) is 42.5 Å². The quantitative estimate of drug-likeness (QED) is 0.877. The summed E-state index contributed by atoms with van der Waals surface area (Å²) in [5, 5.41) is 0. The molecule has 0 atom stereocenters. The van der Waals surface area contributed by atoms with Crippen molar-refractivity contribution in [1.82, 2.24) is 0 Å². The Labute approximate surface area is 121 Å². The molecule has 2 rings (SSSR count). The average Bonchev–Trinajstić information content (AvgIpc) is 2.38. The van der Waals surface area contributed by atoms with E-state index in [1.165, 1.54) is 4.90 Å². The Balaban J connectivity index is 2.30. The molecule has 0 saturated heterocycles. The van der Waals surface area contributed by atoms with E-state index < -0.39 is 11.6 Å². The Kier molecular flexibility index (Phi) is 4.29. The fourth-order valence-corrected chi connectivity index (χ4v) is 2.13. The van der Waals surface area contributed by atoms with Crippen LogP contribution in [-0.4, -0.2) is 12.0 Å². The van der Waals surface area contributed by atoms with Crippen molar-refractivity contribution in [1.29, 1.82) is 0 Å². The van der Waals surface area contributed by atoms with Crippen LogP contribution in [0.15, 0.2) is 42.5 Å². The second kappa shape index (κ2) is 5.96. The molecule has 0 spiro atoms. The third-order valence-electron chi connectivity index (χ3n) is 2.95. The van der Waals surface area contributed by atoms with Crippen LogP contribution < -0.4 is 10.6 Å². The van der Waals surface area contributed by atoms with Gasteiger partial charge in [-0.25, -0.2) is 8.78 Å². The van der Waals surface area contributed by atoms with Gasteiger partial charge in [0.25, 0.3) is 0 Å². The van der Waals surface area contributed by atoms with Crippen LogP contribution in [0.25, 0.3) is 0 Å². The molecule has 2 aromatic rings. The van der Waals surface area contributed by atoms with E-state index in [-0.39, 0.29) is 16.2 Å². The summed E-state index contributed by atoms with van der Waals surface area (Å²) in [6, 6.07) is 11.8. The van der Waals surface area contributed by atoms with Gasteiger partial charge in [-0.2, -0.15) is 0 Å². The van der Waals surface area contributed by atoms with Crippen LogP contribution in [0.4, 0.5) is 14.5 Å². The molecule has 0 aliphatic carbocycles. The molecule has 104 valence electrons. The molecule has 0 amide bonds. The molecule has 0 unspecified atom stereocenters. The molecule has 0 aliphatic heterocycles. The van der Waals surface area contributed by atoms with Crippen molar-refractivity contribution >= 4 is 22.9 Å². The van der Waals surface area contributed by atoms with Crippen molar-refractivity contribution in [3.8, 4) is 0 Å². The molecule has 0 saturated carbocycles. The molecule has 0 radical (unpaired) electrons. The first-order valence-corrected chi connectivity index (χ1v) is 6.43. The van der Waals surface area contributed by atoms with Crippen LogP contribution in [0, 0.1) is 11.6 Å². The highest BCUT2D eigenvalue weighted by molar-refractivity contribution is 7.80. The van der Waals surface area contributed by atoms with Gasteiger partial charge < -0.3 is 10.6 Å². The Morgan fingerprint density at radius 1 is 1.15 bits per heavy atom. The number of benzene rings is 2. The van der Waals surface area contributed by atoms with Crippen LogP contribution in [0.2, 0.25) is 0 Å². The smallest absolute Gasteiger partial charge is 0.150 e. The molecular weight excluding hydrogens is 278 g/mol. The maximum absolute atomic E-state index is 14.0. The number of halogens is 2. The zero-order chi connectivity index (χ0) is 14.7. The summed E-state index contributed by atoms with van der Waals surface area (Å²) in [6.07, 6.45) is 0. The zero-order valence-electron chi connectivity index (χ0n) is 10.9. The van der Waals surface area contributed by atoms with Crippen LogP contribution in [0.5, 0.6) is 0 Å². The minimum Gasteiger partial charge on any atom is -0.389 e. The van der Waals surface area contributed by atoms with Gasteiger partial charge in [0.15, 0.2) is 0 Å². The number of nitrogens with zero attached hydrogens (tertiary/aromatic N) is 1. The summed E-state index contributed by atoms with van der Waals surface area (Å²) >= 11 is 4.73. The topological polar surface area (TPSA) is 29.3 Å². The first kappa shape index (κ1) is 14.4. The summed E-state index contributed by atoms with van der Waals surface area (Å²) < 4.78 is 28.1. The third-order valence-corrected chi connectivity index (χ3v) is 3.18. The van der Waals surface area contributed by atoms with Crippen LogP contribution in [0.1, 0.15) is 11.1 Å². The summed E-state index contributed by atoms with van der Waals surface area (Å²) in [4.78, 5) is 1.49. The minimum absolute atomic E-state index is 0.0277. The SMILES string of the molecule is CN(Cc1ccccc1)c1c(F)cc(C(N)=S)cc1F. The van der Waals surface area contributed by atoms with Crippen molar-refractivity contribution in [3.05, 3.63) is 65.2 Å². The van der Waals surface area contributed by atoms with Crippen LogP contribution in [0.3, 0.4) is 0 Å². The molecule has 0 aromatic heterocycles. The maximum atomic E-state index is 14.0. The van der Waals surface area contributed by atoms with Crippen LogP contribution in [-0.2, 0) is 6.54 Å². The first-order chi connectivity index (χ1) is 9.49. The average molecular weight is 292 g/mol. The fourth-order valence-electron chi connectivity index (χ4n) is 2.01. The molecule has 5 heteroatoms. The Hall–Kier alpha value is -2.01. The molecule has 0 heterocycles. The molecule has 2 nitrogen and oxygen atoms in total. The van der Waals surface area contributed by atoms with Gasteiger partial charge >= 0.3 is 0 Å². The van der Waals surface area contributed by atoms with Gasteiger partial charge in [0.2, 0.25) is 0 Å². The molecule has 20 heavy (non-hydrogen) atoms. The Bertz CT molecular complexity index is 606. The van der Waals surface area contributed by atoms with Gasteiger partial charge in [-0.05, 0) is 17.7 Å². The normalized spacial score (nSPS) is 10.3. The van der Waals surface area contributed by atoms with Gasteiger partial charge in [0, 0.05) is 19.2 Å². The van der Waals surface area contributed by atoms with Crippen molar-refractivity contribution in [2.75, 3.05) is 11.9 Å². The standard InChI is InChI=1S/C15H14F2N2S/c1-19(9-10-5-3-2-4-6-10)14-12(16)7-11(15(18)20)8-13(14)17/h2-8H,9H2,1H3,(H2,18,20). The molecule has 0 fully saturated rings. The van der Waals surface area contributed by atoms with Gasteiger partial charge in [0.05, 0.1) is 0 Å². The lowest BCUT2D eigenvalue weighted by atomic mass is 10.1. The monoisotopic (exact) mass is 292 g/mol. The molecule has 0 aliphatic rings. The van der Waals surface area contributed by atoms with Crippen molar-refractivity contribution < 1.29 is 8.78 Å². The van der Waals surface area contributed by atoms with E-state index in [1.54, 1.807) is 7.05 Å². The van der Waals surface area contributed by atoms with E-state index in [0.717, 1.165) is 17.7 Å². The number of hydrogen-bond acceptors (Lipinski definition) is 2. The van der Waals surface area contributed by atoms with E-state index in [0.29, 0.717) is 6.54 Å². The predicted octanol–water partition coefficient (Wildman–Crippen LogP) is 3.24. The Morgan fingerprint density at radius 3 is 2.20 bits per heavy atom. The first-order valence-electron chi connectivity index (χ1n) is 6.03. The zero-order valence-corrected chi connectivity index (χ0v) is 11.8. The second-order valence-corrected chi connectivity index (χ2v) is 4.93. The number of rotatable bonds is 4. The summed E-state index contributed by atoms with van der Waals surface area (Å²) in [7, 11) is 1.63. The lowest BCUT2D eigenvalue weighted by Crippen LogP contribution is -2.20. The summed E-state index contributed by atoms with van der Waals surface area (Å²) in [5.74, 6) is -1.35. The fraction of sp³-hybridized carbons (Fsp3) is 0.133. The van der Waals surface area contributed by atoms with E-state index in [2.05, 4.69) is 0 Å². The maximum Gasteiger partial charge on any atom is 0.150 e. The molecule has 0 bridgehead atoms. The Morgan fingerprint density at radius 2 is 1.70 bits per heavy atom. The summed E-state index contributed by atoms with van der Waals surface area (Å²) in [6.45, 7) is 0.404. The third kappa shape index (κ3) is 3.11. The summed E-state index contributed by atoms with van der Waals surface area (Å²) in [5.41, 5.74) is 6.45. The van der Waals surface area contributed by atoms with Gasteiger partial charge in [-0.15, -0.1) is 0 Å². The minimum atomic E-state index is -0.675. The highest BCUT2D eigenvalue weighted by atomic mass is 32.1. The number of hydrogen-bond donors (Lipinski definition) is 1. The lowest BCUT2D eigenvalue weighted by molar-refractivity contribution is 0.576. The highest BCUT2D eigenvalue weighted by Crippen LogP contribution is 2.25.